The lowest BCUT2D eigenvalue weighted by atomic mass is 10.0. The highest BCUT2D eigenvalue weighted by molar-refractivity contribution is 5.71. The van der Waals surface area contributed by atoms with Gasteiger partial charge in [-0.15, -0.1) is 0 Å². The number of esters is 3. The summed E-state index contributed by atoms with van der Waals surface area (Å²) in [6.07, 6.45) is 46.9. The summed E-state index contributed by atoms with van der Waals surface area (Å²) in [7, 11) is 0. The lowest BCUT2D eigenvalue weighted by molar-refractivity contribution is -0.167. The minimum absolute atomic E-state index is 0.0633. The number of hydrogen-bond acceptors (Lipinski definition) is 6. The number of unbranched alkanes of at least 4 members (excludes halogenated alkanes) is 34. The summed E-state index contributed by atoms with van der Waals surface area (Å²) < 4.78 is 16.7. The summed E-state index contributed by atoms with van der Waals surface area (Å²) in [5, 5.41) is 0. The Morgan fingerprint density at radius 1 is 0.291 bits per heavy atom. The second-order valence-corrected chi connectivity index (χ2v) is 16.7. The molecule has 0 saturated heterocycles. The molecule has 0 radical (unpaired) electrons. The first-order valence-electron chi connectivity index (χ1n) is 24.5. The SMILES string of the molecule is CCCCCCCCCCCCCCCCCCC(=O)OC[C@@H](COC(=O)CCCCCCC)OC(=O)CCCCCCCCCCCCCCCCCC. The highest BCUT2D eigenvalue weighted by Crippen LogP contribution is 2.16. The molecule has 0 heterocycles. The molecule has 0 bridgehead atoms. The second-order valence-electron chi connectivity index (χ2n) is 16.7. The van der Waals surface area contributed by atoms with Gasteiger partial charge in [0.05, 0.1) is 0 Å². The molecule has 0 N–H and O–H groups in total. The zero-order valence-electron chi connectivity index (χ0n) is 37.2. The van der Waals surface area contributed by atoms with Gasteiger partial charge >= 0.3 is 17.9 Å². The Morgan fingerprint density at radius 3 is 0.727 bits per heavy atom. The molecule has 1 atom stereocenters. The molecule has 0 rings (SSSR count). The molecule has 0 saturated carbocycles. The van der Waals surface area contributed by atoms with Crippen LogP contribution in [0.5, 0.6) is 0 Å². The van der Waals surface area contributed by atoms with E-state index in [1.54, 1.807) is 0 Å². The Labute approximate surface area is 342 Å². The van der Waals surface area contributed by atoms with Crippen molar-refractivity contribution < 1.29 is 28.6 Å². The molecule has 326 valence electrons. The van der Waals surface area contributed by atoms with Gasteiger partial charge in [0.1, 0.15) is 13.2 Å². The third-order valence-electron chi connectivity index (χ3n) is 11.1. The number of carbonyl (C=O) groups is 3. The summed E-state index contributed by atoms with van der Waals surface area (Å²) >= 11 is 0. The van der Waals surface area contributed by atoms with Gasteiger partial charge in [0.15, 0.2) is 6.10 Å². The minimum atomic E-state index is -0.757. The van der Waals surface area contributed by atoms with Gasteiger partial charge in [0.25, 0.3) is 0 Å². The Balaban J connectivity index is 4.13. The Bertz CT molecular complexity index is 813. The molecule has 6 nitrogen and oxygen atoms in total. The molecule has 0 aromatic heterocycles. The average Bonchev–Trinajstić information content (AvgIpc) is 3.18. The van der Waals surface area contributed by atoms with Crippen LogP contribution < -0.4 is 0 Å². The molecule has 0 aliphatic carbocycles. The van der Waals surface area contributed by atoms with Gasteiger partial charge < -0.3 is 14.2 Å². The minimum Gasteiger partial charge on any atom is -0.462 e. The first kappa shape index (κ1) is 53.4. The fourth-order valence-electron chi connectivity index (χ4n) is 7.38. The summed E-state index contributed by atoms with van der Waals surface area (Å²) in [6, 6.07) is 0. The van der Waals surface area contributed by atoms with Gasteiger partial charge in [0.2, 0.25) is 0 Å². The van der Waals surface area contributed by atoms with Crippen molar-refractivity contribution >= 4 is 17.9 Å². The van der Waals surface area contributed by atoms with Crippen molar-refractivity contribution in [1.82, 2.24) is 0 Å². The highest BCUT2D eigenvalue weighted by Gasteiger charge is 2.19. The third kappa shape index (κ3) is 43.4. The van der Waals surface area contributed by atoms with Crippen molar-refractivity contribution in [2.75, 3.05) is 13.2 Å². The van der Waals surface area contributed by atoms with Crippen LogP contribution in [0.15, 0.2) is 0 Å². The number of rotatable bonds is 45. The van der Waals surface area contributed by atoms with Crippen LogP contribution in [0.2, 0.25) is 0 Å². The Morgan fingerprint density at radius 2 is 0.491 bits per heavy atom. The summed E-state index contributed by atoms with van der Waals surface area (Å²) in [6.45, 7) is 6.59. The van der Waals surface area contributed by atoms with Crippen molar-refractivity contribution in [1.29, 1.82) is 0 Å². The highest BCUT2D eigenvalue weighted by atomic mass is 16.6. The zero-order chi connectivity index (χ0) is 40.1. The molecule has 0 aliphatic heterocycles. The lowest BCUT2D eigenvalue weighted by Gasteiger charge is -2.18. The number of ether oxygens (including phenoxy) is 3. The lowest BCUT2D eigenvalue weighted by Crippen LogP contribution is -2.30. The number of hydrogen-bond donors (Lipinski definition) is 0. The molecule has 0 amide bonds. The van der Waals surface area contributed by atoms with Gasteiger partial charge in [-0.3, -0.25) is 14.4 Å². The molecular formula is C49H94O6. The summed E-state index contributed by atoms with van der Waals surface area (Å²) in [4.78, 5) is 37.6. The molecule has 0 aromatic carbocycles. The monoisotopic (exact) mass is 779 g/mol. The van der Waals surface area contributed by atoms with Crippen LogP contribution in [-0.2, 0) is 28.6 Å². The van der Waals surface area contributed by atoms with Gasteiger partial charge in [-0.1, -0.05) is 239 Å². The van der Waals surface area contributed by atoms with Crippen LogP contribution in [0.3, 0.4) is 0 Å². The van der Waals surface area contributed by atoms with Crippen molar-refractivity contribution in [3.05, 3.63) is 0 Å². The number of carbonyl (C=O) groups excluding carboxylic acids is 3. The van der Waals surface area contributed by atoms with E-state index in [1.807, 2.05) is 0 Å². The fourth-order valence-corrected chi connectivity index (χ4v) is 7.38. The van der Waals surface area contributed by atoms with Gasteiger partial charge in [-0.2, -0.15) is 0 Å². The Hall–Kier alpha value is -1.59. The topological polar surface area (TPSA) is 78.9 Å². The predicted octanol–water partition coefficient (Wildman–Crippen LogP) is 15.6. The second kappa shape index (κ2) is 45.1. The van der Waals surface area contributed by atoms with E-state index in [2.05, 4.69) is 20.8 Å². The smallest absolute Gasteiger partial charge is 0.306 e. The van der Waals surface area contributed by atoms with E-state index < -0.39 is 6.10 Å². The van der Waals surface area contributed by atoms with Crippen molar-refractivity contribution in [3.63, 3.8) is 0 Å². The first-order valence-corrected chi connectivity index (χ1v) is 24.5. The molecule has 0 aliphatic rings. The van der Waals surface area contributed by atoms with E-state index in [-0.39, 0.29) is 31.1 Å². The summed E-state index contributed by atoms with van der Waals surface area (Å²) in [5.41, 5.74) is 0. The van der Waals surface area contributed by atoms with Crippen molar-refractivity contribution in [2.45, 2.75) is 284 Å². The van der Waals surface area contributed by atoms with Crippen LogP contribution in [-0.4, -0.2) is 37.2 Å². The standard InChI is InChI=1S/C49H94O6/c1-4-7-10-13-15-17-19-21-23-25-27-29-31-33-36-39-42-48(51)54-45-46(44-53-47(50)41-38-35-12-9-6-3)55-49(52)43-40-37-34-32-30-28-26-24-22-20-18-16-14-11-8-5-2/h46H,4-45H2,1-3H3/t46-/m1/s1. The molecular weight excluding hydrogens is 685 g/mol. The van der Waals surface area contributed by atoms with Crippen LogP contribution in [0.25, 0.3) is 0 Å². The quantitative estimate of drug-likeness (QED) is 0.0348. The van der Waals surface area contributed by atoms with Crippen LogP contribution in [0.1, 0.15) is 278 Å². The van der Waals surface area contributed by atoms with E-state index in [1.165, 1.54) is 173 Å². The maximum atomic E-state index is 12.7. The molecule has 55 heavy (non-hydrogen) atoms. The van der Waals surface area contributed by atoms with Crippen LogP contribution in [0.4, 0.5) is 0 Å². The van der Waals surface area contributed by atoms with Crippen molar-refractivity contribution in [3.8, 4) is 0 Å². The molecule has 0 fully saturated rings. The average molecular weight is 779 g/mol. The van der Waals surface area contributed by atoms with Gasteiger partial charge in [-0.25, -0.2) is 0 Å². The van der Waals surface area contributed by atoms with E-state index >= 15 is 0 Å². The molecule has 0 unspecified atom stereocenters. The normalized spacial score (nSPS) is 11.8. The maximum absolute atomic E-state index is 12.7. The fraction of sp³-hybridized carbons (Fsp3) is 0.939. The molecule has 0 aromatic rings. The predicted molar refractivity (Wildman–Crippen MR) is 233 cm³/mol. The van der Waals surface area contributed by atoms with E-state index in [0.29, 0.717) is 19.3 Å². The van der Waals surface area contributed by atoms with Gasteiger partial charge in [0, 0.05) is 19.3 Å². The molecule has 0 spiro atoms. The molecule has 6 heteroatoms. The van der Waals surface area contributed by atoms with E-state index in [4.69, 9.17) is 14.2 Å². The zero-order valence-corrected chi connectivity index (χ0v) is 37.2. The van der Waals surface area contributed by atoms with E-state index in [0.717, 1.165) is 64.2 Å². The largest absolute Gasteiger partial charge is 0.462 e. The van der Waals surface area contributed by atoms with Crippen LogP contribution >= 0.6 is 0 Å². The van der Waals surface area contributed by atoms with E-state index in [9.17, 15) is 14.4 Å². The third-order valence-corrected chi connectivity index (χ3v) is 11.1. The Kier molecular flexibility index (Phi) is 43.8. The first-order chi connectivity index (χ1) is 27.0. The maximum Gasteiger partial charge on any atom is 0.306 e. The van der Waals surface area contributed by atoms with Crippen LogP contribution in [0, 0.1) is 0 Å². The van der Waals surface area contributed by atoms with Crippen molar-refractivity contribution in [2.24, 2.45) is 0 Å². The summed E-state index contributed by atoms with van der Waals surface area (Å²) in [5.74, 6) is -0.860. The van der Waals surface area contributed by atoms with Gasteiger partial charge in [-0.05, 0) is 19.3 Å².